The van der Waals surface area contributed by atoms with Crippen LogP contribution in [0.1, 0.15) is 17.2 Å². The van der Waals surface area contributed by atoms with Gasteiger partial charge >= 0.3 is 0 Å². The zero-order valence-electron chi connectivity index (χ0n) is 10.1. The highest BCUT2D eigenvalue weighted by Gasteiger charge is 2.24. The number of fused-ring (bicyclic) bond motifs is 1. The number of carbonyl (C=O) groups is 1. The van der Waals surface area contributed by atoms with Gasteiger partial charge in [-0.15, -0.1) is 11.8 Å². The Balaban J connectivity index is 2.01. The van der Waals surface area contributed by atoms with Crippen molar-refractivity contribution in [2.75, 3.05) is 5.32 Å². The molecule has 96 valence electrons. The fraction of sp³-hybridized carbons (Fsp3) is 0.133. The SMILES string of the molecule is O=C1C[C@H](c2ccccc2Cl)Sc2ccccc2N1. The van der Waals surface area contributed by atoms with E-state index >= 15 is 0 Å². The Morgan fingerprint density at radius 3 is 2.68 bits per heavy atom. The van der Waals surface area contributed by atoms with Crippen molar-refractivity contribution in [3.8, 4) is 0 Å². The summed E-state index contributed by atoms with van der Waals surface area (Å²) in [6.07, 6.45) is 0.434. The Morgan fingerprint density at radius 1 is 1.11 bits per heavy atom. The van der Waals surface area contributed by atoms with Crippen LogP contribution in [0.5, 0.6) is 0 Å². The van der Waals surface area contributed by atoms with Crippen LogP contribution in [0.15, 0.2) is 53.4 Å². The third kappa shape index (κ3) is 2.62. The number of benzene rings is 2. The van der Waals surface area contributed by atoms with Gasteiger partial charge in [0.15, 0.2) is 0 Å². The van der Waals surface area contributed by atoms with Gasteiger partial charge in [0.2, 0.25) is 5.91 Å². The highest BCUT2D eigenvalue weighted by molar-refractivity contribution is 7.99. The lowest BCUT2D eigenvalue weighted by Gasteiger charge is -2.14. The second-order valence-electron chi connectivity index (χ2n) is 4.38. The van der Waals surface area contributed by atoms with Crippen LogP contribution in [-0.4, -0.2) is 5.91 Å². The third-order valence-electron chi connectivity index (χ3n) is 3.05. The van der Waals surface area contributed by atoms with E-state index in [1.807, 2.05) is 48.5 Å². The van der Waals surface area contributed by atoms with E-state index in [-0.39, 0.29) is 11.2 Å². The summed E-state index contributed by atoms with van der Waals surface area (Å²) in [6, 6.07) is 15.6. The summed E-state index contributed by atoms with van der Waals surface area (Å²) in [5.41, 5.74) is 1.90. The van der Waals surface area contributed by atoms with Crippen molar-refractivity contribution >= 4 is 35.0 Å². The van der Waals surface area contributed by atoms with Crippen LogP contribution < -0.4 is 5.32 Å². The molecule has 0 saturated carbocycles. The molecular formula is C15H12ClNOS. The number of anilines is 1. The first-order valence-electron chi connectivity index (χ1n) is 6.04. The molecule has 0 saturated heterocycles. The minimum Gasteiger partial charge on any atom is -0.325 e. The van der Waals surface area contributed by atoms with Gasteiger partial charge in [0.1, 0.15) is 0 Å². The molecule has 1 aliphatic rings. The highest BCUT2D eigenvalue weighted by atomic mass is 35.5. The average molecular weight is 290 g/mol. The molecule has 0 aliphatic carbocycles. The van der Waals surface area contributed by atoms with Gasteiger partial charge in [0.25, 0.3) is 0 Å². The molecule has 3 rings (SSSR count). The summed E-state index contributed by atoms with van der Waals surface area (Å²) in [5, 5.41) is 3.71. The highest BCUT2D eigenvalue weighted by Crippen LogP contribution is 2.45. The topological polar surface area (TPSA) is 29.1 Å². The lowest BCUT2D eigenvalue weighted by molar-refractivity contribution is -0.116. The van der Waals surface area contributed by atoms with E-state index < -0.39 is 0 Å². The van der Waals surface area contributed by atoms with Crippen molar-refractivity contribution in [1.29, 1.82) is 0 Å². The van der Waals surface area contributed by atoms with Crippen molar-refractivity contribution in [3.63, 3.8) is 0 Å². The smallest absolute Gasteiger partial charge is 0.225 e. The number of nitrogens with one attached hydrogen (secondary N) is 1. The zero-order valence-corrected chi connectivity index (χ0v) is 11.7. The third-order valence-corrected chi connectivity index (χ3v) is 4.71. The maximum absolute atomic E-state index is 12.0. The van der Waals surface area contributed by atoms with Gasteiger partial charge in [-0.05, 0) is 23.8 Å². The van der Waals surface area contributed by atoms with Gasteiger partial charge in [-0.3, -0.25) is 4.79 Å². The van der Waals surface area contributed by atoms with Crippen molar-refractivity contribution in [1.82, 2.24) is 0 Å². The van der Waals surface area contributed by atoms with Crippen LogP contribution in [-0.2, 0) is 4.79 Å². The molecular weight excluding hydrogens is 278 g/mol. The van der Waals surface area contributed by atoms with E-state index in [0.29, 0.717) is 11.4 Å². The van der Waals surface area contributed by atoms with Crippen LogP contribution in [0, 0.1) is 0 Å². The minimum atomic E-state index is 0.0300. The van der Waals surface area contributed by atoms with Gasteiger partial charge < -0.3 is 5.32 Å². The average Bonchev–Trinajstić information content (AvgIpc) is 2.57. The number of thioether (sulfide) groups is 1. The largest absolute Gasteiger partial charge is 0.325 e. The van der Waals surface area contributed by atoms with Gasteiger partial charge in [-0.25, -0.2) is 0 Å². The number of rotatable bonds is 1. The number of halogens is 1. The van der Waals surface area contributed by atoms with Crippen molar-refractivity contribution in [2.45, 2.75) is 16.6 Å². The molecule has 1 amide bonds. The van der Waals surface area contributed by atoms with E-state index in [2.05, 4.69) is 5.32 Å². The van der Waals surface area contributed by atoms with E-state index in [9.17, 15) is 4.79 Å². The first-order valence-corrected chi connectivity index (χ1v) is 7.30. The first-order chi connectivity index (χ1) is 9.24. The quantitative estimate of drug-likeness (QED) is 0.836. The Bertz CT molecular complexity index is 629. The van der Waals surface area contributed by atoms with E-state index in [1.165, 1.54) is 0 Å². The summed E-state index contributed by atoms with van der Waals surface area (Å²) in [4.78, 5) is 13.1. The molecule has 0 radical (unpaired) electrons. The summed E-state index contributed by atoms with van der Waals surface area (Å²) >= 11 is 7.92. The summed E-state index contributed by atoms with van der Waals surface area (Å²) in [5.74, 6) is 0.0300. The number of hydrogen-bond acceptors (Lipinski definition) is 2. The van der Waals surface area contributed by atoms with Gasteiger partial charge in [0, 0.05) is 21.6 Å². The fourth-order valence-corrected chi connectivity index (χ4v) is 3.76. The number of amides is 1. The van der Waals surface area contributed by atoms with Gasteiger partial charge in [0.05, 0.1) is 5.69 Å². The molecule has 2 aromatic carbocycles. The molecule has 1 aliphatic heterocycles. The van der Waals surface area contributed by atoms with Crippen molar-refractivity contribution in [2.24, 2.45) is 0 Å². The monoisotopic (exact) mass is 289 g/mol. The second kappa shape index (κ2) is 5.27. The maximum atomic E-state index is 12.0. The van der Waals surface area contributed by atoms with E-state index in [0.717, 1.165) is 16.1 Å². The summed E-state index contributed by atoms with van der Waals surface area (Å²) in [7, 11) is 0. The van der Waals surface area contributed by atoms with Crippen LogP contribution >= 0.6 is 23.4 Å². The van der Waals surface area contributed by atoms with Gasteiger partial charge in [-0.1, -0.05) is 41.9 Å². The molecule has 19 heavy (non-hydrogen) atoms. The standard InChI is InChI=1S/C15H12ClNOS/c16-11-6-2-1-5-10(11)14-9-15(18)17-12-7-3-4-8-13(12)19-14/h1-8,14H,9H2,(H,17,18)/t14-/m1/s1. The fourth-order valence-electron chi connectivity index (χ4n) is 2.15. The second-order valence-corrected chi connectivity index (χ2v) is 6.03. The Kier molecular flexibility index (Phi) is 3.49. The molecule has 4 heteroatoms. The molecule has 2 aromatic rings. The van der Waals surface area contributed by atoms with Crippen LogP contribution in [0.3, 0.4) is 0 Å². The molecule has 1 heterocycles. The summed E-state index contributed by atoms with van der Waals surface area (Å²) in [6.45, 7) is 0. The Morgan fingerprint density at radius 2 is 1.84 bits per heavy atom. The summed E-state index contributed by atoms with van der Waals surface area (Å²) < 4.78 is 0. The molecule has 0 aromatic heterocycles. The molecule has 0 bridgehead atoms. The minimum absolute atomic E-state index is 0.0300. The van der Waals surface area contributed by atoms with Crippen LogP contribution in [0.4, 0.5) is 5.69 Å². The normalized spacial score (nSPS) is 18.4. The predicted molar refractivity (Wildman–Crippen MR) is 79.7 cm³/mol. The van der Waals surface area contributed by atoms with E-state index in [4.69, 9.17) is 11.6 Å². The van der Waals surface area contributed by atoms with E-state index in [1.54, 1.807) is 11.8 Å². The lowest BCUT2D eigenvalue weighted by atomic mass is 10.1. The van der Waals surface area contributed by atoms with Crippen molar-refractivity contribution < 1.29 is 4.79 Å². The lowest BCUT2D eigenvalue weighted by Crippen LogP contribution is -2.12. The molecule has 0 fully saturated rings. The Hall–Kier alpha value is -1.45. The van der Waals surface area contributed by atoms with Gasteiger partial charge in [-0.2, -0.15) is 0 Å². The molecule has 1 N–H and O–H groups in total. The van der Waals surface area contributed by atoms with Crippen LogP contribution in [0.2, 0.25) is 5.02 Å². The number of hydrogen-bond donors (Lipinski definition) is 1. The first kappa shape index (κ1) is 12.6. The van der Waals surface area contributed by atoms with Crippen molar-refractivity contribution in [3.05, 3.63) is 59.1 Å². The maximum Gasteiger partial charge on any atom is 0.225 e. The van der Waals surface area contributed by atoms with Crippen LogP contribution in [0.25, 0.3) is 0 Å². The Labute approximate surface area is 121 Å². The molecule has 0 spiro atoms. The number of para-hydroxylation sites is 1. The molecule has 2 nitrogen and oxygen atoms in total. The zero-order chi connectivity index (χ0) is 13.2. The molecule has 1 atom stereocenters. The molecule has 0 unspecified atom stereocenters. The number of carbonyl (C=O) groups excluding carboxylic acids is 1. The predicted octanol–water partition coefficient (Wildman–Crippen LogP) is 4.52.